The first-order chi connectivity index (χ1) is 8.15. The van der Waals surface area contributed by atoms with Gasteiger partial charge in [-0.05, 0) is 0 Å². The fourth-order valence-electron chi connectivity index (χ4n) is 1.20. The summed E-state index contributed by atoms with van der Waals surface area (Å²) < 4.78 is 6.04. The highest BCUT2D eigenvalue weighted by Crippen LogP contribution is 2.03. The third-order valence-corrected chi connectivity index (χ3v) is 2.06. The summed E-state index contributed by atoms with van der Waals surface area (Å²) >= 11 is 0. The van der Waals surface area contributed by atoms with Crippen molar-refractivity contribution in [2.45, 2.75) is 6.54 Å². The fraction of sp³-hybridized carbons (Fsp3) is 0.556. The van der Waals surface area contributed by atoms with Crippen LogP contribution in [0.25, 0.3) is 0 Å². The number of nitrogens with zero attached hydrogens (tertiary/aromatic N) is 3. The predicted octanol–water partition coefficient (Wildman–Crippen LogP) is -0.613. The lowest BCUT2D eigenvalue weighted by Crippen LogP contribution is -2.29. The number of hydrogen-bond acceptors (Lipinski definition) is 6. The molecule has 1 N–H and O–H groups in total. The molecule has 0 aliphatic rings. The van der Waals surface area contributed by atoms with Gasteiger partial charge in [0.1, 0.15) is 6.20 Å². The van der Waals surface area contributed by atoms with Gasteiger partial charge in [0.05, 0.1) is 17.7 Å². The van der Waals surface area contributed by atoms with E-state index in [4.69, 9.17) is 4.74 Å². The Hall–Kier alpha value is -1.80. The second-order valence-electron chi connectivity index (χ2n) is 3.29. The van der Waals surface area contributed by atoms with Gasteiger partial charge in [0.25, 0.3) is 0 Å². The van der Waals surface area contributed by atoms with E-state index in [9.17, 15) is 14.9 Å². The smallest absolute Gasteiger partial charge is 0.348 e. The highest BCUT2D eigenvalue weighted by Gasteiger charge is 2.08. The van der Waals surface area contributed by atoms with Crippen LogP contribution < -0.4 is 11.0 Å². The molecule has 1 aromatic heterocycles. The van der Waals surface area contributed by atoms with Crippen molar-refractivity contribution in [1.29, 1.82) is 0 Å². The Morgan fingerprint density at radius 2 is 2.35 bits per heavy atom. The largest absolute Gasteiger partial charge is 0.383 e. The Balaban J connectivity index is 2.55. The molecule has 1 aromatic rings. The number of aromatic nitrogens is 2. The number of ether oxygens (including phenoxy) is 1. The molecule has 0 atom stereocenters. The van der Waals surface area contributed by atoms with Gasteiger partial charge in [-0.25, -0.2) is 4.79 Å². The Labute approximate surface area is 97.4 Å². The molecular formula is C9H14N4O4. The summed E-state index contributed by atoms with van der Waals surface area (Å²) in [7, 11) is 1.59. The SMILES string of the molecule is COCCNCCn1cc([N+](=O)[O-])cnc1=O. The topological polar surface area (TPSA) is 99.3 Å². The summed E-state index contributed by atoms with van der Waals surface area (Å²) in [5, 5.41) is 13.5. The van der Waals surface area contributed by atoms with E-state index in [1.54, 1.807) is 7.11 Å². The van der Waals surface area contributed by atoms with Gasteiger partial charge in [-0.2, -0.15) is 4.98 Å². The molecule has 0 unspecified atom stereocenters. The first-order valence-corrected chi connectivity index (χ1v) is 5.05. The second kappa shape index (κ2) is 6.71. The number of rotatable bonds is 7. The summed E-state index contributed by atoms with van der Waals surface area (Å²) in [5.41, 5.74) is -0.689. The molecule has 0 saturated heterocycles. The van der Waals surface area contributed by atoms with Crippen molar-refractivity contribution in [2.24, 2.45) is 0 Å². The van der Waals surface area contributed by atoms with Gasteiger partial charge in [0.15, 0.2) is 0 Å². The van der Waals surface area contributed by atoms with Crippen LogP contribution in [0.15, 0.2) is 17.2 Å². The molecule has 0 fully saturated rings. The minimum Gasteiger partial charge on any atom is -0.383 e. The summed E-state index contributed by atoms with van der Waals surface area (Å²) in [6, 6.07) is 0. The molecule has 1 heterocycles. The number of hydrogen-bond donors (Lipinski definition) is 1. The molecule has 0 amide bonds. The minimum absolute atomic E-state index is 0.193. The molecule has 0 bridgehead atoms. The Kier molecular flexibility index (Phi) is 5.24. The first-order valence-electron chi connectivity index (χ1n) is 5.05. The van der Waals surface area contributed by atoms with Gasteiger partial charge in [0.2, 0.25) is 0 Å². The Bertz CT molecular complexity index is 431. The third kappa shape index (κ3) is 4.29. The van der Waals surface area contributed by atoms with Crippen molar-refractivity contribution in [1.82, 2.24) is 14.9 Å². The number of nitrogens with one attached hydrogen (secondary N) is 1. The lowest BCUT2D eigenvalue weighted by molar-refractivity contribution is -0.385. The van der Waals surface area contributed by atoms with Crippen molar-refractivity contribution in [3.63, 3.8) is 0 Å². The summed E-state index contributed by atoms with van der Waals surface area (Å²) in [5.74, 6) is 0. The summed E-state index contributed by atoms with van der Waals surface area (Å²) in [4.78, 5) is 24.6. The van der Waals surface area contributed by atoms with Crippen LogP contribution in [0.2, 0.25) is 0 Å². The molecule has 0 saturated carbocycles. The van der Waals surface area contributed by atoms with E-state index in [1.165, 1.54) is 10.8 Å². The highest BCUT2D eigenvalue weighted by atomic mass is 16.6. The van der Waals surface area contributed by atoms with Crippen molar-refractivity contribution >= 4 is 5.69 Å². The zero-order valence-corrected chi connectivity index (χ0v) is 9.46. The standard InChI is InChI=1S/C9H14N4O4/c1-17-5-3-10-2-4-12-7-8(13(15)16)6-11-9(12)14/h6-7,10H,2-5H2,1H3. The van der Waals surface area contributed by atoms with E-state index in [-0.39, 0.29) is 5.69 Å². The van der Waals surface area contributed by atoms with Gasteiger partial charge >= 0.3 is 11.4 Å². The first kappa shape index (κ1) is 13.3. The van der Waals surface area contributed by atoms with Crippen molar-refractivity contribution in [2.75, 3.05) is 26.8 Å². The van der Waals surface area contributed by atoms with E-state index in [2.05, 4.69) is 10.3 Å². The maximum absolute atomic E-state index is 11.3. The lowest BCUT2D eigenvalue weighted by atomic mass is 10.5. The molecule has 0 aliphatic carbocycles. The average Bonchev–Trinajstić information content (AvgIpc) is 2.30. The van der Waals surface area contributed by atoms with E-state index >= 15 is 0 Å². The maximum atomic E-state index is 11.3. The summed E-state index contributed by atoms with van der Waals surface area (Å²) in [6.07, 6.45) is 2.14. The zero-order valence-electron chi connectivity index (χ0n) is 9.46. The monoisotopic (exact) mass is 242 g/mol. The number of nitro groups is 1. The molecule has 8 nitrogen and oxygen atoms in total. The van der Waals surface area contributed by atoms with E-state index in [0.29, 0.717) is 26.2 Å². The lowest BCUT2D eigenvalue weighted by Gasteiger charge is -2.05. The highest BCUT2D eigenvalue weighted by molar-refractivity contribution is 5.20. The van der Waals surface area contributed by atoms with Gasteiger partial charge in [-0.1, -0.05) is 0 Å². The molecular weight excluding hydrogens is 228 g/mol. The van der Waals surface area contributed by atoms with Gasteiger partial charge in [-0.15, -0.1) is 0 Å². The Morgan fingerprint density at radius 1 is 1.59 bits per heavy atom. The molecule has 0 radical (unpaired) electrons. The summed E-state index contributed by atoms with van der Waals surface area (Å²) in [6.45, 7) is 2.08. The van der Waals surface area contributed by atoms with Crippen LogP contribution in [0.4, 0.5) is 5.69 Å². The van der Waals surface area contributed by atoms with Gasteiger partial charge in [0, 0.05) is 26.7 Å². The van der Waals surface area contributed by atoms with Crippen LogP contribution in [0.5, 0.6) is 0 Å². The van der Waals surface area contributed by atoms with Crippen LogP contribution in [-0.4, -0.2) is 41.3 Å². The van der Waals surface area contributed by atoms with Crippen molar-refractivity contribution in [3.8, 4) is 0 Å². The molecule has 0 spiro atoms. The molecule has 0 aliphatic heterocycles. The number of methoxy groups -OCH3 is 1. The van der Waals surface area contributed by atoms with Crippen LogP contribution in [-0.2, 0) is 11.3 Å². The zero-order chi connectivity index (χ0) is 12.7. The van der Waals surface area contributed by atoms with E-state index in [1.807, 2.05) is 0 Å². The van der Waals surface area contributed by atoms with Crippen LogP contribution in [0.1, 0.15) is 0 Å². The van der Waals surface area contributed by atoms with Crippen LogP contribution in [0, 0.1) is 10.1 Å². The van der Waals surface area contributed by atoms with Crippen molar-refractivity contribution < 1.29 is 9.66 Å². The third-order valence-electron chi connectivity index (χ3n) is 2.06. The average molecular weight is 242 g/mol. The van der Waals surface area contributed by atoms with Gasteiger partial charge in [-0.3, -0.25) is 14.7 Å². The van der Waals surface area contributed by atoms with Gasteiger partial charge < -0.3 is 10.1 Å². The van der Waals surface area contributed by atoms with Crippen molar-refractivity contribution in [3.05, 3.63) is 33.0 Å². The fourth-order valence-corrected chi connectivity index (χ4v) is 1.20. The normalized spacial score (nSPS) is 10.4. The maximum Gasteiger partial charge on any atom is 0.348 e. The Morgan fingerprint density at radius 3 is 3.00 bits per heavy atom. The molecule has 0 aromatic carbocycles. The van der Waals surface area contributed by atoms with Crippen LogP contribution in [0.3, 0.4) is 0 Å². The predicted molar refractivity (Wildman–Crippen MR) is 59.9 cm³/mol. The molecule has 17 heavy (non-hydrogen) atoms. The molecule has 8 heteroatoms. The van der Waals surface area contributed by atoms with E-state index in [0.717, 1.165) is 6.20 Å². The molecule has 1 rings (SSSR count). The minimum atomic E-state index is -0.582. The van der Waals surface area contributed by atoms with Crippen LogP contribution >= 0.6 is 0 Å². The molecule has 94 valence electrons. The van der Waals surface area contributed by atoms with E-state index < -0.39 is 10.6 Å². The quantitative estimate of drug-likeness (QED) is 0.389. The second-order valence-corrected chi connectivity index (χ2v) is 3.29.